The van der Waals surface area contributed by atoms with Crippen molar-refractivity contribution in [1.82, 2.24) is 0 Å². The second-order valence-electron chi connectivity index (χ2n) is 4.66. The van der Waals surface area contributed by atoms with E-state index in [2.05, 4.69) is 0 Å². The fraction of sp³-hybridized carbons (Fsp3) is 0.200. The maximum absolute atomic E-state index is 13.5. The number of para-hydroxylation sites is 1. The van der Waals surface area contributed by atoms with E-state index in [1.54, 1.807) is 12.1 Å². The summed E-state index contributed by atoms with van der Waals surface area (Å²) in [4.78, 5) is 0. The maximum atomic E-state index is 13.5. The van der Waals surface area contributed by atoms with Crippen molar-refractivity contribution < 1.29 is 9.13 Å². The fourth-order valence-electron chi connectivity index (χ4n) is 2.37. The van der Waals surface area contributed by atoms with Gasteiger partial charge in [0.25, 0.3) is 0 Å². The predicted octanol–water partition coefficient (Wildman–Crippen LogP) is 4.00. The van der Waals surface area contributed by atoms with Crippen LogP contribution in [0.2, 0.25) is 5.02 Å². The highest BCUT2D eigenvalue weighted by Gasteiger charge is 2.27. The molecule has 4 heteroatoms. The zero-order valence-electron chi connectivity index (χ0n) is 10.1. The average molecular weight is 278 g/mol. The van der Waals surface area contributed by atoms with Gasteiger partial charge in [-0.15, -0.1) is 0 Å². The summed E-state index contributed by atoms with van der Waals surface area (Å²) in [6, 6.07) is 12.3. The fourth-order valence-corrected chi connectivity index (χ4v) is 2.49. The van der Waals surface area contributed by atoms with Crippen LogP contribution in [0.1, 0.15) is 29.7 Å². The minimum atomic E-state index is -0.435. The molecular weight excluding hydrogens is 265 g/mol. The van der Waals surface area contributed by atoms with Crippen molar-refractivity contribution in [3.05, 3.63) is 64.4 Å². The lowest BCUT2D eigenvalue weighted by Crippen LogP contribution is -2.24. The monoisotopic (exact) mass is 277 g/mol. The zero-order chi connectivity index (χ0) is 13.4. The SMILES string of the molecule is NC1CC(c2ccc(Cl)c(F)c2)Oc2ccccc21. The van der Waals surface area contributed by atoms with Crippen LogP contribution in [0.4, 0.5) is 4.39 Å². The van der Waals surface area contributed by atoms with E-state index >= 15 is 0 Å². The molecule has 0 spiro atoms. The van der Waals surface area contributed by atoms with Crippen molar-refractivity contribution in [2.75, 3.05) is 0 Å². The summed E-state index contributed by atoms with van der Waals surface area (Å²) in [5, 5.41) is 0.115. The molecule has 0 aromatic heterocycles. The number of hydrogen-bond donors (Lipinski definition) is 1. The van der Waals surface area contributed by atoms with Gasteiger partial charge in [-0.2, -0.15) is 0 Å². The molecule has 0 saturated heterocycles. The van der Waals surface area contributed by atoms with Gasteiger partial charge in [0, 0.05) is 18.0 Å². The summed E-state index contributed by atoms with van der Waals surface area (Å²) >= 11 is 5.69. The van der Waals surface area contributed by atoms with E-state index in [-0.39, 0.29) is 17.2 Å². The molecule has 0 fully saturated rings. The van der Waals surface area contributed by atoms with Crippen LogP contribution in [0, 0.1) is 5.82 Å². The first-order chi connectivity index (χ1) is 9.15. The van der Waals surface area contributed by atoms with E-state index < -0.39 is 5.82 Å². The van der Waals surface area contributed by atoms with Crippen LogP contribution >= 0.6 is 11.6 Å². The van der Waals surface area contributed by atoms with Gasteiger partial charge < -0.3 is 10.5 Å². The van der Waals surface area contributed by atoms with E-state index in [0.29, 0.717) is 6.42 Å². The van der Waals surface area contributed by atoms with Crippen LogP contribution < -0.4 is 10.5 Å². The topological polar surface area (TPSA) is 35.2 Å². The van der Waals surface area contributed by atoms with Gasteiger partial charge in [-0.25, -0.2) is 4.39 Å². The number of fused-ring (bicyclic) bond motifs is 1. The molecular formula is C15H13ClFNO. The predicted molar refractivity (Wildman–Crippen MR) is 72.8 cm³/mol. The molecule has 2 atom stereocenters. The van der Waals surface area contributed by atoms with Crippen LogP contribution in [-0.4, -0.2) is 0 Å². The van der Waals surface area contributed by atoms with E-state index in [1.807, 2.05) is 24.3 Å². The zero-order valence-corrected chi connectivity index (χ0v) is 10.9. The Kier molecular flexibility index (Phi) is 3.17. The van der Waals surface area contributed by atoms with Crippen molar-refractivity contribution in [3.8, 4) is 5.75 Å². The van der Waals surface area contributed by atoms with Crippen molar-refractivity contribution in [2.24, 2.45) is 5.73 Å². The highest BCUT2D eigenvalue weighted by molar-refractivity contribution is 6.30. The molecule has 19 heavy (non-hydrogen) atoms. The van der Waals surface area contributed by atoms with Crippen LogP contribution in [0.3, 0.4) is 0 Å². The lowest BCUT2D eigenvalue weighted by Gasteiger charge is -2.30. The highest BCUT2D eigenvalue weighted by Crippen LogP contribution is 2.39. The van der Waals surface area contributed by atoms with E-state index in [9.17, 15) is 4.39 Å². The van der Waals surface area contributed by atoms with Crippen LogP contribution in [0.25, 0.3) is 0 Å². The molecule has 2 aromatic carbocycles. The molecule has 0 radical (unpaired) electrons. The van der Waals surface area contributed by atoms with Crippen molar-refractivity contribution in [2.45, 2.75) is 18.6 Å². The Morgan fingerprint density at radius 2 is 2.00 bits per heavy atom. The van der Waals surface area contributed by atoms with Gasteiger partial charge in [0.05, 0.1) is 5.02 Å². The van der Waals surface area contributed by atoms with E-state index in [4.69, 9.17) is 22.1 Å². The molecule has 2 N–H and O–H groups in total. The third-order valence-corrected chi connectivity index (χ3v) is 3.68. The minimum Gasteiger partial charge on any atom is -0.485 e. The summed E-state index contributed by atoms with van der Waals surface area (Å²) in [5.74, 6) is 0.330. The number of halogens is 2. The van der Waals surface area contributed by atoms with Crippen molar-refractivity contribution in [3.63, 3.8) is 0 Å². The smallest absolute Gasteiger partial charge is 0.142 e. The summed E-state index contributed by atoms with van der Waals surface area (Å²) < 4.78 is 19.4. The second-order valence-corrected chi connectivity index (χ2v) is 5.07. The van der Waals surface area contributed by atoms with Gasteiger partial charge in [-0.3, -0.25) is 0 Å². The summed E-state index contributed by atoms with van der Waals surface area (Å²) in [7, 11) is 0. The Hall–Kier alpha value is -1.58. The number of rotatable bonds is 1. The molecule has 1 heterocycles. The Morgan fingerprint density at radius 3 is 2.79 bits per heavy atom. The quantitative estimate of drug-likeness (QED) is 0.855. The molecule has 3 rings (SSSR count). The Balaban J connectivity index is 1.94. The Labute approximate surface area is 115 Å². The maximum Gasteiger partial charge on any atom is 0.142 e. The summed E-state index contributed by atoms with van der Waals surface area (Å²) in [6.45, 7) is 0. The summed E-state index contributed by atoms with van der Waals surface area (Å²) in [5.41, 5.74) is 7.89. The lowest BCUT2D eigenvalue weighted by atomic mass is 9.93. The van der Waals surface area contributed by atoms with Crippen LogP contribution in [-0.2, 0) is 0 Å². The number of benzene rings is 2. The molecule has 1 aliphatic rings. The van der Waals surface area contributed by atoms with Crippen LogP contribution in [0.15, 0.2) is 42.5 Å². The van der Waals surface area contributed by atoms with Gasteiger partial charge in [-0.1, -0.05) is 35.9 Å². The molecule has 0 aliphatic carbocycles. The minimum absolute atomic E-state index is 0.103. The summed E-state index contributed by atoms with van der Waals surface area (Å²) in [6.07, 6.45) is 0.384. The van der Waals surface area contributed by atoms with Gasteiger partial charge in [0.2, 0.25) is 0 Å². The lowest BCUT2D eigenvalue weighted by molar-refractivity contribution is 0.161. The molecule has 1 aliphatic heterocycles. The molecule has 0 saturated carbocycles. The highest BCUT2D eigenvalue weighted by atomic mass is 35.5. The first-order valence-corrected chi connectivity index (χ1v) is 6.49. The van der Waals surface area contributed by atoms with Crippen LogP contribution in [0.5, 0.6) is 5.75 Å². The molecule has 98 valence electrons. The number of hydrogen-bond acceptors (Lipinski definition) is 2. The Morgan fingerprint density at radius 1 is 1.21 bits per heavy atom. The third-order valence-electron chi connectivity index (χ3n) is 3.37. The van der Waals surface area contributed by atoms with Gasteiger partial charge in [0.1, 0.15) is 17.7 Å². The van der Waals surface area contributed by atoms with Gasteiger partial charge in [0.15, 0.2) is 0 Å². The Bertz CT molecular complexity index is 617. The standard InChI is InChI=1S/C15H13ClFNO/c16-11-6-5-9(7-12(11)17)15-8-13(18)10-3-1-2-4-14(10)19-15/h1-7,13,15H,8,18H2. The number of nitrogens with two attached hydrogens (primary N) is 1. The van der Waals surface area contributed by atoms with E-state index in [1.165, 1.54) is 6.07 Å². The normalized spacial score (nSPS) is 21.6. The molecule has 2 unspecified atom stereocenters. The van der Waals surface area contributed by atoms with Gasteiger partial charge >= 0.3 is 0 Å². The molecule has 2 nitrogen and oxygen atoms in total. The largest absolute Gasteiger partial charge is 0.485 e. The van der Waals surface area contributed by atoms with Crippen molar-refractivity contribution in [1.29, 1.82) is 0 Å². The molecule has 0 bridgehead atoms. The second kappa shape index (κ2) is 4.83. The first kappa shape index (κ1) is 12.5. The average Bonchev–Trinajstić information content (AvgIpc) is 2.42. The third kappa shape index (κ3) is 2.31. The number of ether oxygens (including phenoxy) is 1. The molecule has 0 amide bonds. The first-order valence-electron chi connectivity index (χ1n) is 6.11. The molecule has 2 aromatic rings. The van der Waals surface area contributed by atoms with Gasteiger partial charge in [-0.05, 0) is 23.8 Å². The van der Waals surface area contributed by atoms with E-state index in [0.717, 1.165) is 16.9 Å². The van der Waals surface area contributed by atoms with Crippen molar-refractivity contribution >= 4 is 11.6 Å².